The third kappa shape index (κ3) is 5.94. The molecule has 2 atom stereocenters. The molecule has 4 N–H and O–H groups in total. The molecule has 0 fully saturated rings. The van der Waals surface area contributed by atoms with Crippen LogP contribution in [0.4, 0.5) is 0 Å². The predicted octanol–water partition coefficient (Wildman–Crippen LogP) is 1.01. The lowest BCUT2D eigenvalue weighted by atomic mass is 10.1. The second kappa shape index (κ2) is 9.22. The lowest BCUT2D eigenvalue weighted by Crippen LogP contribution is -2.52. The van der Waals surface area contributed by atoms with Gasteiger partial charge >= 0.3 is 0 Å². The van der Waals surface area contributed by atoms with Gasteiger partial charge < -0.3 is 20.8 Å². The van der Waals surface area contributed by atoms with Crippen molar-refractivity contribution in [1.29, 1.82) is 0 Å². The number of hydrogen-bond acceptors (Lipinski definition) is 4. The summed E-state index contributed by atoms with van der Waals surface area (Å²) in [5, 5.41) is 5.09. The first kappa shape index (κ1) is 19.0. The molecule has 0 unspecified atom stereocenters. The van der Waals surface area contributed by atoms with Gasteiger partial charge in [0.25, 0.3) is 0 Å². The minimum Gasteiger partial charge on any atom is -0.465 e. The Morgan fingerprint density at radius 1 is 1.12 bits per heavy atom. The van der Waals surface area contributed by atoms with Crippen LogP contribution in [0, 0.1) is 0 Å². The molecule has 1 aromatic carbocycles. The first-order valence-electron chi connectivity index (χ1n) is 8.11. The minimum atomic E-state index is -0.858. The Bertz CT molecular complexity index is 769. The predicted molar refractivity (Wildman–Crippen MR) is 96.6 cm³/mol. The summed E-state index contributed by atoms with van der Waals surface area (Å²) in [6, 6.07) is 10.9. The molecule has 7 heteroatoms. The first-order valence-corrected chi connectivity index (χ1v) is 8.11. The lowest BCUT2D eigenvalue weighted by molar-refractivity contribution is -0.130. The van der Waals surface area contributed by atoms with Crippen molar-refractivity contribution in [3.05, 3.63) is 66.1 Å². The fourth-order valence-corrected chi connectivity index (χ4v) is 2.24. The number of benzene rings is 1. The Morgan fingerprint density at radius 3 is 2.46 bits per heavy atom. The average Bonchev–Trinajstić information content (AvgIpc) is 3.13. The van der Waals surface area contributed by atoms with Gasteiger partial charge in [-0.05, 0) is 30.7 Å². The number of nitrogens with two attached hydrogens (primary N) is 1. The van der Waals surface area contributed by atoms with Gasteiger partial charge in [0, 0.05) is 12.5 Å². The van der Waals surface area contributed by atoms with Crippen molar-refractivity contribution in [3.8, 4) is 0 Å². The molecule has 7 nitrogen and oxygen atoms in total. The molecule has 26 heavy (non-hydrogen) atoms. The van der Waals surface area contributed by atoms with E-state index < -0.39 is 29.8 Å². The Morgan fingerprint density at radius 2 is 1.85 bits per heavy atom. The maximum Gasteiger partial charge on any atom is 0.244 e. The molecule has 0 aliphatic heterocycles. The van der Waals surface area contributed by atoms with Crippen LogP contribution in [-0.2, 0) is 20.8 Å². The third-order valence-corrected chi connectivity index (χ3v) is 3.64. The molecular weight excluding hydrogens is 334 g/mol. The maximum atomic E-state index is 12.2. The number of hydrogen-bond donors (Lipinski definition) is 3. The van der Waals surface area contributed by atoms with E-state index in [0.717, 1.165) is 5.56 Å². The molecule has 0 saturated heterocycles. The lowest BCUT2D eigenvalue weighted by Gasteiger charge is -2.19. The fraction of sp³-hybridized carbons (Fsp3) is 0.211. The summed E-state index contributed by atoms with van der Waals surface area (Å²) in [6.07, 6.45) is 4.52. The monoisotopic (exact) mass is 355 g/mol. The maximum absolute atomic E-state index is 12.2. The second-order valence-electron chi connectivity index (χ2n) is 5.73. The number of carbonyl (C=O) groups excluding carboxylic acids is 3. The topological polar surface area (TPSA) is 114 Å². The van der Waals surface area contributed by atoms with Crippen LogP contribution in [0.25, 0.3) is 6.08 Å². The van der Waals surface area contributed by atoms with Crippen LogP contribution in [0.1, 0.15) is 18.2 Å². The van der Waals surface area contributed by atoms with E-state index in [1.807, 2.05) is 30.3 Å². The molecule has 0 radical (unpaired) electrons. The number of furan rings is 1. The molecule has 1 heterocycles. The van der Waals surface area contributed by atoms with Crippen LogP contribution in [0.5, 0.6) is 0 Å². The normalized spacial score (nSPS) is 13.1. The van der Waals surface area contributed by atoms with E-state index in [1.165, 1.54) is 25.3 Å². The molecule has 136 valence electrons. The SMILES string of the molecule is C[C@H](NC(=O)C=Cc1ccco1)C(=O)N[C@@H](Cc1ccccc1)C(N)=O. The van der Waals surface area contributed by atoms with Gasteiger partial charge in [0.1, 0.15) is 17.8 Å². The summed E-state index contributed by atoms with van der Waals surface area (Å²) in [4.78, 5) is 35.7. The molecular formula is C19H21N3O4. The Labute approximate surface area is 151 Å². The van der Waals surface area contributed by atoms with E-state index in [1.54, 1.807) is 12.1 Å². The molecule has 0 saturated carbocycles. The highest BCUT2D eigenvalue weighted by Gasteiger charge is 2.22. The van der Waals surface area contributed by atoms with Gasteiger partial charge in [-0.15, -0.1) is 0 Å². The van der Waals surface area contributed by atoms with Crippen LogP contribution in [0.3, 0.4) is 0 Å². The van der Waals surface area contributed by atoms with E-state index >= 15 is 0 Å². The standard InChI is InChI=1S/C19H21N3O4/c1-13(21-17(23)10-9-15-8-5-11-26-15)19(25)22-16(18(20)24)12-14-6-3-2-4-7-14/h2-11,13,16H,12H2,1H3,(H2,20,24)(H,21,23)(H,22,25)/t13-,16-/m0/s1. The zero-order chi connectivity index (χ0) is 18.9. The molecule has 0 spiro atoms. The summed E-state index contributed by atoms with van der Waals surface area (Å²) < 4.78 is 5.07. The highest BCUT2D eigenvalue weighted by molar-refractivity contribution is 5.96. The van der Waals surface area contributed by atoms with Crippen LogP contribution < -0.4 is 16.4 Å². The summed E-state index contributed by atoms with van der Waals surface area (Å²) in [5.74, 6) is -1.07. The van der Waals surface area contributed by atoms with E-state index in [0.29, 0.717) is 5.76 Å². The van der Waals surface area contributed by atoms with Crippen molar-refractivity contribution in [1.82, 2.24) is 10.6 Å². The Hall–Kier alpha value is -3.35. The van der Waals surface area contributed by atoms with Gasteiger partial charge in [0.05, 0.1) is 6.26 Å². The molecule has 0 aliphatic rings. The fourth-order valence-electron chi connectivity index (χ4n) is 2.24. The largest absolute Gasteiger partial charge is 0.465 e. The number of amides is 3. The van der Waals surface area contributed by atoms with Crippen LogP contribution in [-0.4, -0.2) is 29.8 Å². The van der Waals surface area contributed by atoms with Crippen LogP contribution in [0.15, 0.2) is 59.2 Å². The second-order valence-corrected chi connectivity index (χ2v) is 5.73. The highest BCUT2D eigenvalue weighted by Crippen LogP contribution is 2.04. The highest BCUT2D eigenvalue weighted by atomic mass is 16.3. The van der Waals surface area contributed by atoms with Gasteiger partial charge in [-0.1, -0.05) is 30.3 Å². The summed E-state index contributed by atoms with van der Waals surface area (Å²) in [6.45, 7) is 1.52. The molecule has 0 bridgehead atoms. The third-order valence-electron chi connectivity index (χ3n) is 3.64. The summed E-state index contributed by atoms with van der Waals surface area (Å²) in [7, 11) is 0. The molecule has 0 aliphatic carbocycles. The van der Waals surface area contributed by atoms with E-state index in [9.17, 15) is 14.4 Å². The molecule has 3 amide bonds. The molecule has 1 aromatic heterocycles. The van der Waals surface area contributed by atoms with Crippen molar-refractivity contribution < 1.29 is 18.8 Å². The van der Waals surface area contributed by atoms with Crippen molar-refractivity contribution in [2.75, 3.05) is 0 Å². The number of carbonyl (C=O) groups is 3. The molecule has 2 rings (SSSR count). The van der Waals surface area contributed by atoms with Gasteiger partial charge in [-0.25, -0.2) is 0 Å². The number of primary amides is 1. The summed E-state index contributed by atoms with van der Waals surface area (Å²) >= 11 is 0. The quantitative estimate of drug-likeness (QED) is 0.613. The number of nitrogens with one attached hydrogen (secondary N) is 2. The minimum absolute atomic E-state index is 0.279. The van der Waals surface area contributed by atoms with Gasteiger partial charge in [-0.3, -0.25) is 14.4 Å². The average molecular weight is 355 g/mol. The Balaban J connectivity index is 1.89. The van der Waals surface area contributed by atoms with Gasteiger partial charge in [-0.2, -0.15) is 0 Å². The van der Waals surface area contributed by atoms with E-state index in [2.05, 4.69) is 10.6 Å². The van der Waals surface area contributed by atoms with Gasteiger partial charge in [0.15, 0.2) is 0 Å². The van der Waals surface area contributed by atoms with E-state index in [-0.39, 0.29) is 6.42 Å². The summed E-state index contributed by atoms with van der Waals surface area (Å²) in [5.41, 5.74) is 6.24. The smallest absolute Gasteiger partial charge is 0.244 e. The molecule has 2 aromatic rings. The van der Waals surface area contributed by atoms with Crippen molar-refractivity contribution >= 4 is 23.8 Å². The zero-order valence-corrected chi connectivity index (χ0v) is 14.3. The van der Waals surface area contributed by atoms with Crippen LogP contribution >= 0.6 is 0 Å². The van der Waals surface area contributed by atoms with Crippen molar-refractivity contribution in [2.24, 2.45) is 5.73 Å². The van der Waals surface area contributed by atoms with Gasteiger partial charge in [0.2, 0.25) is 17.7 Å². The van der Waals surface area contributed by atoms with E-state index in [4.69, 9.17) is 10.2 Å². The number of rotatable bonds is 8. The van der Waals surface area contributed by atoms with Crippen LogP contribution in [0.2, 0.25) is 0 Å². The Kier molecular flexibility index (Phi) is 6.73. The first-order chi connectivity index (χ1) is 12.5. The van der Waals surface area contributed by atoms with Crippen molar-refractivity contribution in [3.63, 3.8) is 0 Å². The zero-order valence-electron chi connectivity index (χ0n) is 14.3. The van der Waals surface area contributed by atoms with Crippen molar-refractivity contribution in [2.45, 2.75) is 25.4 Å².